The lowest BCUT2D eigenvalue weighted by Crippen LogP contribution is -2.34. The first-order chi connectivity index (χ1) is 13.8. The van der Waals surface area contributed by atoms with Gasteiger partial charge in [-0.15, -0.1) is 11.3 Å². The summed E-state index contributed by atoms with van der Waals surface area (Å²) in [4.78, 5) is 28.2. The summed E-state index contributed by atoms with van der Waals surface area (Å²) in [5, 5.41) is 8.36. The van der Waals surface area contributed by atoms with Gasteiger partial charge in [0.1, 0.15) is 10.6 Å². The van der Waals surface area contributed by atoms with Crippen molar-refractivity contribution < 1.29 is 14.3 Å². The third kappa shape index (κ3) is 4.76. The third-order valence-corrected chi connectivity index (χ3v) is 5.59. The number of methoxy groups -OCH3 is 1. The number of benzene rings is 1. The second-order valence-corrected chi connectivity index (χ2v) is 8.46. The van der Waals surface area contributed by atoms with Gasteiger partial charge in [0.2, 0.25) is 5.91 Å². The summed E-state index contributed by atoms with van der Waals surface area (Å²) in [5.74, 6) is 0.746. The number of thiophene rings is 1. The van der Waals surface area contributed by atoms with Crippen molar-refractivity contribution in [2.45, 2.75) is 27.3 Å². The molecule has 3 rings (SSSR count). The van der Waals surface area contributed by atoms with Gasteiger partial charge in [-0.3, -0.25) is 14.3 Å². The molecule has 1 aromatic carbocycles. The van der Waals surface area contributed by atoms with Gasteiger partial charge in [-0.1, -0.05) is 13.8 Å². The highest BCUT2D eigenvalue weighted by Crippen LogP contribution is 2.29. The summed E-state index contributed by atoms with van der Waals surface area (Å²) in [6, 6.07) is 8.93. The van der Waals surface area contributed by atoms with E-state index in [4.69, 9.17) is 4.74 Å². The molecule has 0 aliphatic rings. The first-order valence-electron chi connectivity index (χ1n) is 9.44. The number of nitrogens with one attached hydrogen (secondary N) is 1. The number of anilines is 1. The lowest BCUT2D eigenvalue weighted by atomic mass is 10.2. The predicted molar refractivity (Wildman–Crippen MR) is 116 cm³/mol. The van der Waals surface area contributed by atoms with Gasteiger partial charge >= 0.3 is 0 Å². The molecule has 0 aliphatic heterocycles. The van der Waals surface area contributed by atoms with Gasteiger partial charge in [-0.25, -0.2) is 0 Å². The first kappa shape index (κ1) is 20.9. The monoisotopic (exact) mass is 414 g/mol. The highest BCUT2D eigenvalue weighted by atomic mass is 32.1. The number of hydrogen-bond donors (Lipinski definition) is 1. The second-order valence-electron chi connectivity index (χ2n) is 7.43. The molecule has 1 N–H and O–H groups in total. The van der Waals surface area contributed by atoms with E-state index < -0.39 is 0 Å². The van der Waals surface area contributed by atoms with E-state index in [0.29, 0.717) is 22.2 Å². The lowest BCUT2D eigenvalue weighted by Gasteiger charge is -2.16. The Morgan fingerprint density at radius 2 is 1.97 bits per heavy atom. The molecule has 0 atom stereocenters. The van der Waals surface area contributed by atoms with Crippen LogP contribution < -0.4 is 10.1 Å². The van der Waals surface area contributed by atoms with E-state index in [1.54, 1.807) is 38.4 Å². The Morgan fingerprint density at radius 3 is 2.59 bits per heavy atom. The Balaban J connectivity index is 1.68. The predicted octanol–water partition coefficient (Wildman–Crippen LogP) is 3.78. The lowest BCUT2D eigenvalue weighted by molar-refractivity contribution is -0.116. The van der Waals surface area contributed by atoms with Crippen molar-refractivity contribution >= 4 is 39.1 Å². The molecule has 0 saturated carbocycles. The first-order valence-corrected chi connectivity index (χ1v) is 10.3. The van der Waals surface area contributed by atoms with Crippen molar-refractivity contribution in [2.75, 3.05) is 26.0 Å². The maximum absolute atomic E-state index is 12.8. The zero-order valence-corrected chi connectivity index (χ0v) is 18.2. The van der Waals surface area contributed by atoms with Crippen molar-refractivity contribution in [2.24, 2.45) is 5.92 Å². The molecule has 0 fully saturated rings. The molecule has 2 aromatic heterocycles. The molecule has 0 saturated heterocycles. The third-order valence-electron chi connectivity index (χ3n) is 4.46. The zero-order chi connectivity index (χ0) is 21.1. The highest BCUT2D eigenvalue weighted by molar-refractivity contribution is 7.20. The number of hydrogen-bond acceptors (Lipinski definition) is 5. The fourth-order valence-electron chi connectivity index (χ4n) is 3.04. The summed E-state index contributed by atoms with van der Waals surface area (Å²) < 4.78 is 7.07. The minimum atomic E-state index is -0.255. The summed E-state index contributed by atoms with van der Waals surface area (Å²) in [6.07, 6.45) is 0. The van der Waals surface area contributed by atoms with E-state index >= 15 is 0 Å². The SMILES string of the molecule is COc1ccc(NC(=O)CN(C)C(=O)c2cc3c(C)nn(CC(C)C)c3s2)cc1. The van der Waals surface area contributed by atoms with Crippen LogP contribution >= 0.6 is 11.3 Å². The number of carbonyl (C=O) groups excluding carboxylic acids is 2. The van der Waals surface area contributed by atoms with Crippen LogP contribution in [-0.4, -0.2) is 47.2 Å². The maximum Gasteiger partial charge on any atom is 0.264 e. The quantitative estimate of drug-likeness (QED) is 0.638. The summed E-state index contributed by atoms with van der Waals surface area (Å²) in [6.45, 7) is 7.00. The topological polar surface area (TPSA) is 76.5 Å². The number of aryl methyl sites for hydroxylation is 1. The van der Waals surface area contributed by atoms with E-state index in [-0.39, 0.29) is 18.4 Å². The van der Waals surface area contributed by atoms with Crippen LogP contribution in [0.25, 0.3) is 10.2 Å². The average molecular weight is 415 g/mol. The molecule has 2 amide bonds. The van der Waals surface area contributed by atoms with E-state index in [2.05, 4.69) is 24.3 Å². The van der Waals surface area contributed by atoms with Crippen molar-refractivity contribution in [3.63, 3.8) is 0 Å². The normalized spacial score (nSPS) is 11.1. The summed E-state index contributed by atoms with van der Waals surface area (Å²) >= 11 is 1.42. The van der Waals surface area contributed by atoms with Crippen molar-refractivity contribution in [1.29, 1.82) is 0 Å². The van der Waals surface area contributed by atoms with Gasteiger partial charge in [-0.05, 0) is 43.2 Å². The number of carbonyl (C=O) groups is 2. The number of likely N-dealkylation sites (N-methyl/N-ethyl adjacent to an activating group) is 1. The van der Waals surface area contributed by atoms with Gasteiger partial charge in [0.15, 0.2) is 0 Å². The molecule has 0 aliphatic carbocycles. The van der Waals surface area contributed by atoms with E-state index in [0.717, 1.165) is 22.5 Å². The Hall–Kier alpha value is -2.87. The Morgan fingerprint density at radius 1 is 1.28 bits per heavy atom. The van der Waals surface area contributed by atoms with Gasteiger partial charge < -0.3 is 15.0 Å². The van der Waals surface area contributed by atoms with E-state index in [1.165, 1.54) is 16.2 Å². The Labute approximate surface area is 174 Å². The van der Waals surface area contributed by atoms with Crippen molar-refractivity contribution in [3.8, 4) is 5.75 Å². The highest BCUT2D eigenvalue weighted by Gasteiger charge is 2.20. The van der Waals surface area contributed by atoms with Crippen LogP contribution in [0.15, 0.2) is 30.3 Å². The number of rotatable bonds is 7. The van der Waals surface area contributed by atoms with Crippen LogP contribution in [0.4, 0.5) is 5.69 Å². The molecule has 7 nitrogen and oxygen atoms in total. The molecule has 29 heavy (non-hydrogen) atoms. The van der Waals surface area contributed by atoms with Crippen LogP contribution in [0.5, 0.6) is 5.75 Å². The number of aromatic nitrogens is 2. The maximum atomic E-state index is 12.8. The summed E-state index contributed by atoms with van der Waals surface area (Å²) in [5.41, 5.74) is 1.57. The largest absolute Gasteiger partial charge is 0.497 e. The molecule has 3 aromatic rings. The molecule has 2 heterocycles. The Kier molecular flexibility index (Phi) is 6.22. The minimum absolute atomic E-state index is 0.0315. The minimum Gasteiger partial charge on any atom is -0.497 e. The van der Waals surface area contributed by atoms with Gasteiger partial charge in [-0.2, -0.15) is 5.10 Å². The summed E-state index contributed by atoms with van der Waals surface area (Å²) in [7, 11) is 3.22. The van der Waals surface area contributed by atoms with E-state index in [9.17, 15) is 9.59 Å². The standard InChI is InChI=1S/C21H26N4O3S/c1-13(2)11-25-21-17(14(3)23-25)10-18(29-21)20(27)24(4)12-19(26)22-15-6-8-16(28-5)9-7-15/h6-10,13H,11-12H2,1-5H3,(H,22,26). The molecule has 0 unspecified atom stereocenters. The number of fused-ring (bicyclic) bond motifs is 1. The Bertz CT molecular complexity index is 1020. The van der Waals surface area contributed by atoms with Gasteiger partial charge in [0.25, 0.3) is 5.91 Å². The van der Waals surface area contributed by atoms with Crippen LogP contribution in [0, 0.1) is 12.8 Å². The average Bonchev–Trinajstić information content (AvgIpc) is 3.22. The van der Waals surface area contributed by atoms with Crippen LogP contribution in [0.2, 0.25) is 0 Å². The van der Waals surface area contributed by atoms with E-state index in [1.807, 2.05) is 17.7 Å². The number of nitrogens with zero attached hydrogens (tertiary/aromatic N) is 3. The van der Waals surface area contributed by atoms with Gasteiger partial charge in [0, 0.05) is 24.7 Å². The second kappa shape index (κ2) is 8.65. The zero-order valence-electron chi connectivity index (χ0n) is 17.4. The fraction of sp³-hybridized carbons (Fsp3) is 0.381. The number of ether oxygens (including phenoxy) is 1. The molecule has 0 spiro atoms. The van der Waals surface area contributed by atoms with Gasteiger partial charge in [0.05, 0.1) is 24.2 Å². The number of amides is 2. The van der Waals surface area contributed by atoms with Crippen LogP contribution in [0.3, 0.4) is 0 Å². The molecular weight excluding hydrogens is 388 g/mol. The van der Waals surface area contributed by atoms with Crippen molar-refractivity contribution in [1.82, 2.24) is 14.7 Å². The molecule has 0 radical (unpaired) electrons. The molecular formula is C21H26N4O3S. The molecule has 0 bridgehead atoms. The van der Waals surface area contributed by atoms with Crippen LogP contribution in [-0.2, 0) is 11.3 Å². The molecule has 154 valence electrons. The molecule has 8 heteroatoms. The fourth-order valence-corrected chi connectivity index (χ4v) is 4.20. The van der Waals surface area contributed by atoms with Crippen molar-refractivity contribution in [3.05, 3.63) is 40.9 Å². The smallest absolute Gasteiger partial charge is 0.264 e. The van der Waals surface area contributed by atoms with Crippen LogP contribution in [0.1, 0.15) is 29.2 Å².